The number of aldehydes is 1. The van der Waals surface area contributed by atoms with Gasteiger partial charge in [0.15, 0.2) is 11.5 Å². The van der Waals surface area contributed by atoms with E-state index in [9.17, 15) is 4.79 Å². The minimum absolute atomic E-state index is 0.0936. The van der Waals surface area contributed by atoms with Crippen molar-refractivity contribution >= 4 is 12.4 Å². The average Bonchev–Trinajstić information content (AvgIpc) is 3.16. The molecule has 0 fully saturated rings. The van der Waals surface area contributed by atoms with Gasteiger partial charge in [-0.1, -0.05) is 42.5 Å². The van der Waals surface area contributed by atoms with Crippen molar-refractivity contribution in [3.63, 3.8) is 0 Å². The first kappa shape index (κ1) is 17.2. The van der Waals surface area contributed by atoms with Gasteiger partial charge in [-0.05, 0) is 29.3 Å². The van der Waals surface area contributed by atoms with Crippen molar-refractivity contribution in [3.05, 3.63) is 65.9 Å². The number of hydrogen-bond acceptors (Lipinski definition) is 4. The number of rotatable bonds is 5. The Morgan fingerprint density at radius 2 is 1.63 bits per heavy atom. The molecule has 1 aliphatic carbocycles. The molecule has 4 heteroatoms. The minimum Gasteiger partial charge on any atom is -0.493 e. The number of hydrogen-bond donors (Lipinski definition) is 0. The van der Waals surface area contributed by atoms with Crippen LogP contribution in [-0.2, 0) is 11.2 Å². The van der Waals surface area contributed by atoms with Crippen LogP contribution in [0.4, 0.5) is 0 Å². The molecule has 0 saturated heterocycles. The number of furan rings is 1. The summed E-state index contributed by atoms with van der Waals surface area (Å²) < 4.78 is 16.7. The summed E-state index contributed by atoms with van der Waals surface area (Å²) in [5.41, 5.74) is 4.18. The summed E-state index contributed by atoms with van der Waals surface area (Å²) >= 11 is 0. The van der Waals surface area contributed by atoms with Crippen LogP contribution in [0, 0.1) is 5.92 Å². The van der Waals surface area contributed by atoms with E-state index < -0.39 is 0 Å². The van der Waals surface area contributed by atoms with Crippen LogP contribution in [0.15, 0.2) is 59.0 Å². The van der Waals surface area contributed by atoms with Crippen molar-refractivity contribution in [3.8, 4) is 33.9 Å². The minimum atomic E-state index is -0.0936. The van der Waals surface area contributed by atoms with E-state index in [2.05, 4.69) is 12.1 Å². The van der Waals surface area contributed by atoms with Crippen molar-refractivity contribution in [1.29, 1.82) is 0 Å². The Hall–Kier alpha value is -3.27. The van der Waals surface area contributed by atoms with Crippen LogP contribution in [0.3, 0.4) is 0 Å². The molecule has 1 unspecified atom stereocenters. The monoisotopic (exact) mass is 360 g/mol. The molecule has 136 valence electrons. The zero-order chi connectivity index (χ0) is 18.8. The quantitative estimate of drug-likeness (QED) is 0.600. The highest BCUT2D eigenvalue weighted by molar-refractivity contribution is 5.73. The van der Waals surface area contributed by atoms with E-state index in [1.165, 1.54) is 0 Å². The molecule has 0 bridgehead atoms. The van der Waals surface area contributed by atoms with Crippen molar-refractivity contribution in [2.75, 3.05) is 14.2 Å². The lowest BCUT2D eigenvalue weighted by molar-refractivity contribution is -0.110. The molecule has 0 saturated carbocycles. The molecule has 0 N–H and O–H groups in total. The molecule has 4 nitrogen and oxygen atoms in total. The van der Waals surface area contributed by atoms with Gasteiger partial charge in [0.1, 0.15) is 17.8 Å². The van der Waals surface area contributed by atoms with Crippen molar-refractivity contribution < 1.29 is 18.7 Å². The molecule has 2 aromatic carbocycles. The topological polar surface area (TPSA) is 48.7 Å². The number of carbonyl (C=O) groups excluding carboxylic acids is 1. The molecule has 3 aromatic rings. The van der Waals surface area contributed by atoms with Gasteiger partial charge in [-0.25, -0.2) is 0 Å². The fraction of sp³-hybridized carbons (Fsp3) is 0.174. The lowest BCUT2D eigenvalue weighted by Gasteiger charge is -2.10. The Morgan fingerprint density at radius 1 is 0.926 bits per heavy atom. The summed E-state index contributed by atoms with van der Waals surface area (Å²) in [4.78, 5) is 11.0. The summed E-state index contributed by atoms with van der Waals surface area (Å²) in [6.45, 7) is 0. The van der Waals surface area contributed by atoms with Gasteiger partial charge in [0.25, 0.3) is 0 Å². The van der Waals surface area contributed by atoms with Crippen LogP contribution >= 0.6 is 0 Å². The molecule has 0 radical (unpaired) electrons. The first-order chi connectivity index (χ1) is 13.2. The molecule has 1 aliphatic rings. The number of methoxy groups -OCH3 is 2. The number of benzene rings is 2. The second kappa shape index (κ2) is 7.16. The molecule has 27 heavy (non-hydrogen) atoms. The van der Waals surface area contributed by atoms with E-state index in [1.807, 2.05) is 48.6 Å². The normalized spacial score (nSPS) is 15.3. The third-order valence-corrected chi connectivity index (χ3v) is 4.85. The van der Waals surface area contributed by atoms with Crippen molar-refractivity contribution in [2.24, 2.45) is 5.92 Å². The predicted molar refractivity (Wildman–Crippen MR) is 105 cm³/mol. The van der Waals surface area contributed by atoms with Crippen molar-refractivity contribution in [1.82, 2.24) is 0 Å². The standard InChI is InChI=1S/C23H20O4/c1-25-20-10-9-18(12-23(20)26-2)16-5-7-17(8-6-16)22-13-19-4-3-15(14-24)11-21(19)27-22/h3-10,12-15H,11H2,1-2H3. The summed E-state index contributed by atoms with van der Waals surface area (Å²) in [6.07, 6.45) is 5.47. The highest BCUT2D eigenvalue weighted by Gasteiger charge is 2.18. The third kappa shape index (κ3) is 3.26. The lowest BCUT2D eigenvalue weighted by Crippen LogP contribution is -2.05. The van der Waals surface area contributed by atoms with E-state index in [-0.39, 0.29) is 5.92 Å². The number of ether oxygens (including phenoxy) is 2. The Bertz CT molecular complexity index is 996. The Kier molecular flexibility index (Phi) is 4.55. The zero-order valence-corrected chi connectivity index (χ0v) is 15.3. The van der Waals surface area contributed by atoms with E-state index in [0.29, 0.717) is 17.9 Å². The largest absolute Gasteiger partial charge is 0.493 e. The van der Waals surface area contributed by atoms with Crippen molar-refractivity contribution in [2.45, 2.75) is 6.42 Å². The van der Waals surface area contributed by atoms with E-state index >= 15 is 0 Å². The van der Waals surface area contributed by atoms with Gasteiger partial charge >= 0.3 is 0 Å². The molecular weight excluding hydrogens is 340 g/mol. The van der Waals surface area contributed by atoms with Crippen LogP contribution in [-0.4, -0.2) is 20.5 Å². The number of allylic oxidation sites excluding steroid dienone is 1. The number of fused-ring (bicyclic) bond motifs is 1. The van der Waals surface area contributed by atoms with Gasteiger partial charge in [0.2, 0.25) is 0 Å². The first-order valence-corrected chi connectivity index (χ1v) is 8.81. The Morgan fingerprint density at radius 3 is 2.33 bits per heavy atom. The second-order valence-corrected chi connectivity index (χ2v) is 6.50. The highest BCUT2D eigenvalue weighted by atomic mass is 16.5. The van der Waals surface area contributed by atoms with Gasteiger partial charge in [-0.3, -0.25) is 0 Å². The van der Waals surface area contributed by atoms with Gasteiger partial charge in [-0.15, -0.1) is 0 Å². The molecule has 1 aromatic heterocycles. The molecule has 0 aliphatic heterocycles. The summed E-state index contributed by atoms with van der Waals surface area (Å²) in [5, 5.41) is 0. The van der Waals surface area contributed by atoms with Crippen LogP contribution in [0.25, 0.3) is 28.5 Å². The zero-order valence-electron chi connectivity index (χ0n) is 15.3. The smallest absolute Gasteiger partial charge is 0.161 e. The molecule has 1 atom stereocenters. The van der Waals surface area contributed by atoms with Crippen LogP contribution in [0.5, 0.6) is 11.5 Å². The molecule has 1 heterocycles. The summed E-state index contributed by atoms with van der Waals surface area (Å²) in [7, 11) is 3.26. The maximum Gasteiger partial charge on any atom is 0.161 e. The van der Waals surface area contributed by atoms with Crippen LogP contribution < -0.4 is 9.47 Å². The number of carbonyl (C=O) groups is 1. The van der Waals surface area contributed by atoms with E-state index in [1.54, 1.807) is 14.2 Å². The van der Waals surface area contributed by atoms with Gasteiger partial charge < -0.3 is 18.7 Å². The molecule has 4 rings (SSSR count). The average molecular weight is 360 g/mol. The summed E-state index contributed by atoms with van der Waals surface area (Å²) in [6, 6.07) is 16.1. The fourth-order valence-corrected chi connectivity index (χ4v) is 3.33. The maximum atomic E-state index is 11.0. The first-order valence-electron chi connectivity index (χ1n) is 8.81. The molecule has 0 amide bonds. The molecule has 0 spiro atoms. The fourth-order valence-electron chi connectivity index (χ4n) is 3.33. The Balaban J connectivity index is 1.61. The summed E-state index contributed by atoms with van der Waals surface area (Å²) in [5.74, 6) is 3.00. The predicted octanol–water partition coefficient (Wildman–Crippen LogP) is 5.02. The highest BCUT2D eigenvalue weighted by Crippen LogP contribution is 2.34. The second-order valence-electron chi connectivity index (χ2n) is 6.50. The lowest BCUT2D eigenvalue weighted by atomic mass is 9.96. The molecular formula is C23H20O4. The van der Waals surface area contributed by atoms with Crippen LogP contribution in [0.1, 0.15) is 11.3 Å². The van der Waals surface area contributed by atoms with Gasteiger partial charge in [0.05, 0.1) is 14.2 Å². The van der Waals surface area contributed by atoms with Crippen LogP contribution in [0.2, 0.25) is 0 Å². The Labute approximate surface area is 158 Å². The maximum absolute atomic E-state index is 11.0. The van der Waals surface area contributed by atoms with Gasteiger partial charge in [-0.2, -0.15) is 0 Å². The SMILES string of the molecule is COc1ccc(-c2ccc(-c3cc4c(o3)CC(C=O)C=C4)cc2)cc1OC. The van der Waals surface area contributed by atoms with E-state index in [0.717, 1.165) is 40.1 Å². The third-order valence-electron chi connectivity index (χ3n) is 4.85. The van der Waals surface area contributed by atoms with E-state index in [4.69, 9.17) is 13.9 Å². The van der Waals surface area contributed by atoms with Gasteiger partial charge in [0, 0.05) is 23.5 Å².